The fourth-order valence-electron chi connectivity index (χ4n) is 2.14. The number of thiocarbonyl (C=S) groups is 1. The Morgan fingerprint density at radius 2 is 2.21 bits per heavy atom. The maximum Gasteiger partial charge on any atom is 0.347 e. The van der Waals surface area contributed by atoms with Crippen molar-refractivity contribution in [3.8, 4) is 0 Å². The van der Waals surface area contributed by atoms with Crippen LogP contribution in [0, 0.1) is 0 Å². The molecule has 2 N–H and O–H groups in total. The number of furan rings is 1. The zero-order chi connectivity index (χ0) is 14.0. The number of hydrogen-bond donors (Lipinski definition) is 2. The van der Waals surface area contributed by atoms with Gasteiger partial charge < -0.3 is 19.1 Å². The lowest BCUT2D eigenvalue weighted by Gasteiger charge is -2.36. The quantitative estimate of drug-likeness (QED) is 0.499. The van der Waals surface area contributed by atoms with Crippen molar-refractivity contribution in [1.82, 2.24) is 4.90 Å². The largest absolute Gasteiger partial charge is 0.461 e. The molecule has 1 atom stereocenters. The normalized spacial score (nSPS) is 20.3. The number of carbonyl (C=O) groups excluding carboxylic acids is 1. The second-order valence-corrected chi connectivity index (χ2v) is 6.53. The van der Waals surface area contributed by atoms with E-state index in [2.05, 4.69) is 0 Å². The molecule has 2 heterocycles. The highest BCUT2D eigenvalue weighted by Gasteiger charge is 2.39. The molecule has 0 spiro atoms. The molecule has 1 aliphatic rings. The third kappa shape index (κ3) is 3.12. The number of nitrogens with zero attached hydrogens (tertiary/aromatic N) is 1. The minimum absolute atomic E-state index is 0.0834. The monoisotopic (exact) mass is 303 g/mol. The fraction of sp³-hybridized carbons (Fsp3) is 0.455. The van der Waals surface area contributed by atoms with Gasteiger partial charge >= 0.3 is 7.60 Å². The van der Waals surface area contributed by atoms with Crippen LogP contribution < -0.4 is 0 Å². The van der Waals surface area contributed by atoms with Gasteiger partial charge in [-0.2, -0.15) is 0 Å². The average Bonchev–Trinajstić information content (AvgIpc) is 2.90. The molecule has 1 aliphatic heterocycles. The first kappa shape index (κ1) is 14.4. The Morgan fingerprint density at radius 1 is 1.47 bits per heavy atom. The number of carbonyl (C=O) groups is 1. The highest BCUT2D eigenvalue weighted by molar-refractivity contribution is 7.82. The summed E-state index contributed by atoms with van der Waals surface area (Å²) in [5, 5.41) is 0. The van der Waals surface area contributed by atoms with Crippen molar-refractivity contribution in [1.29, 1.82) is 0 Å². The lowest BCUT2D eigenvalue weighted by Crippen LogP contribution is -2.45. The van der Waals surface area contributed by atoms with Crippen LogP contribution in [0.25, 0.3) is 0 Å². The summed E-state index contributed by atoms with van der Waals surface area (Å²) in [7, 11) is -4.31. The first-order chi connectivity index (χ1) is 8.91. The molecule has 0 bridgehead atoms. The maximum atomic E-state index is 12.0. The van der Waals surface area contributed by atoms with Gasteiger partial charge in [0.25, 0.3) is 5.78 Å². The van der Waals surface area contributed by atoms with Crippen molar-refractivity contribution in [2.45, 2.75) is 25.0 Å². The molecule has 0 saturated carbocycles. The molecule has 1 aromatic heterocycles. The second kappa shape index (κ2) is 5.54. The van der Waals surface area contributed by atoms with E-state index >= 15 is 0 Å². The zero-order valence-electron chi connectivity index (χ0n) is 10.1. The van der Waals surface area contributed by atoms with Crippen molar-refractivity contribution >= 4 is 30.6 Å². The second-order valence-electron chi connectivity index (χ2n) is 4.37. The smallest absolute Gasteiger partial charge is 0.347 e. The minimum Gasteiger partial charge on any atom is -0.461 e. The van der Waals surface area contributed by atoms with Crippen molar-refractivity contribution < 1.29 is 23.6 Å². The number of ketones is 1. The topological polar surface area (TPSA) is 91.0 Å². The molecular formula is C11H14NO5PS. The Hall–Kier alpha value is -1.01. The van der Waals surface area contributed by atoms with E-state index in [4.69, 9.17) is 16.6 Å². The van der Waals surface area contributed by atoms with Crippen molar-refractivity contribution in [2.24, 2.45) is 0 Å². The summed E-state index contributed by atoms with van der Waals surface area (Å²) < 4.78 is 16.4. The predicted molar refractivity (Wildman–Crippen MR) is 72.0 cm³/mol. The molecule has 19 heavy (non-hydrogen) atoms. The Balaban J connectivity index is 2.21. The van der Waals surface area contributed by atoms with E-state index in [1.807, 2.05) is 0 Å². The number of hydrogen-bond acceptors (Lipinski definition) is 4. The summed E-state index contributed by atoms with van der Waals surface area (Å²) in [6.45, 7) is 0.376. The number of likely N-dealkylation sites (tertiary alicyclic amines) is 1. The summed E-state index contributed by atoms with van der Waals surface area (Å²) in [4.78, 5) is 32.0. The molecule has 1 unspecified atom stereocenters. The van der Waals surface area contributed by atoms with E-state index in [0.717, 1.165) is 6.42 Å². The van der Waals surface area contributed by atoms with E-state index < -0.39 is 19.2 Å². The SMILES string of the molecule is O=C(C(=S)N1CCCCC1P(=O)(O)O)c1ccco1. The first-order valence-corrected chi connectivity index (χ1v) is 7.94. The van der Waals surface area contributed by atoms with Gasteiger partial charge in [0, 0.05) is 6.54 Å². The Kier molecular flexibility index (Phi) is 4.20. The van der Waals surface area contributed by atoms with Crippen LogP contribution in [-0.4, -0.2) is 37.8 Å². The molecular weight excluding hydrogens is 289 g/mol. The van der Waals surface area contributed by atoms with Crippen LogP contribution in [0.1, 0.15) is 29.8 Å². The number of rotatable bonds is 3. The zero-order valence-corrected chi connectivity index (χ0v) is 11.8. The molecule has 0 amide bonds. The summed E-state index contributed by atoms with van der Waals surface area (Å²) in [6, 6.07) is 3.04. The van der Waals surface area contributed by atoms with Crippen LogP contribution in [0.3, 0.4) is 0 Å². The van der Waals surface area contributed by atoms with Gasteiger partial charge in [-0.1, -0.05) is 12.2 Å². The van der Waals surface area contributed by atoms with Crippen LogP contribution in [0.4, 0.5) is 0 Å². The van der Waals surface area contributed by atoms with E-state index in [1.165, 1.54) is 17.2 Å². The predicted octanol–water partition coefficient (Wildman–Crippen LogP) is 1.78. The first-order valence-electron chi connectivity index (χ1n) is 5.85. The lowest BCUT2D eigenvalue weighted by molar-refractivity contribution is 0.102. The van der Waals surface area contributed by atoms with Gasteiger partial charge in [-0.15, -0.1) is 0 Å². The van der Waals surface area contributed by atoms with Crippen LogP contribution in [0.2, 0.25) is 0 Å². The van der Waals surface area contributed by atoms with Gasteiger partial charge in [0.2, 0.25) is 0 Å². The number of Topliss-reactive ketones (excluding diaryl/α,β-unsaturated/α-hetero) is 1. The van der Waals surface area contributed by atoms with Gasteiger partial charge in [0.15, 0.2) is 10.7 Å². The number of piperidine rings is 1. The van der Waals surface area contributed by atoms with Crippen LogP contribution in [0.5, 0.6) is 0 Å². The molecule has 1 aromatic rings. The van der Waals surface area contributed by atoms with Gasteiger partial charge in [-0.3, -0.25) is 9.36 Å². The van der Waals surface area contributed by atoms with E-state index in [9.17, 15) is 19.1 Å². The van der Waals surface area contributed by atoms with Crippen LogP contribution in [-0.2, 0) is 4.57 Å². The van der Waals surface area contributed by atoms with Gasteiger partial charge in [0.05, 0.1) is 6.26 Å². The van der Waals surface area contributed by atoms with E-state index in [0.29, 0.717) is 19.4 Å². The summed E-state index contributed by atoms with van der Waals surface area (Å²) in [5.74, 6) is -1.44. The molecule has 8 heteroatoms. The molecule has 1 saturated heterocycles. The molecule has 6 nitrogen and oxygen atoms in total. The molecule has 0 aromatic carbocycles. The van der Waals surface area contributed by atoms with Crippen molar-refractivity contribution in [2.75, 3.05) is 6.54 Å². The standard InChI is InChI=1S/C11H14NO5PS/c13-10(8-4-3-7-17-8)11(19)12-6-2-1-5-9(12)18(14,15)16/h3-4,7,9H,1-2,5-6H2,(H2,14,15,16). The Labute approximate surface area is 115 Å². The van der Waals surface area contributed by atoms with E-state index in [-0.39, 0.29) is 10.7 Å². The summed E-state index contributed by atoms with van der Waals surface area (Å²) in [5.41, 5.74) is 0. The van der Waals surface area contributed by atoms with Crippen LogP contribution >= 0.6 is 19.8 Å². The molecule has 0 radical (unpaired) electrons. The molecule has 104 valence electrons. The third-order valence-corrected chi connectivity index (χ3v) is 4.79. The van der Waals surface area contributed by atoms with Crippen molar-refractivity contribution in [3.63, 3.8) is 0 Å². The van der Waals surface area contributed by atoms with Gasteiger partial charge in [-0.05, 0) is 31.4 Å². The molecule has 1 fully saturated rings. The maximum absolute atomic E-state index is 12.0. The van der Waals surface area contributed by atoms with Crippen LogP contribution in [0.15, 0.2) is 22.8 Å². The highest BCUT2D eigenvalue weighted by Crippen LogP contribution is 2.47. The summed E-state index contributed by atoms with van der Waals surface area (Å²) in [6.07, 6.45) is 3.15. The summed E-state index contributed by atoms with van der Waals surface area (Å²) >= 11 is 5.06. The van der Waals surface area contributed by atoms with E-state index in [1.54, 1.807) is 6.07 Å². The Morgan fingerprint density at radius 3 is 2.79 bits per heavy atom. The molecule has 0 aliphatic carbocycles. The average molecular weight is 303 g/mol. The highest BCUT2D eigenvalue weighted by atomic mass is 32.1. The fourth-order valence-corrected chi connectivity index (χ4v) is 3.65. The van der Waals surface area contributed by atoms with Crippen molar-refractivity contribution in [3.05, 3.63) is 24.2 Å². The lowest BCUT2D eigenvalue weighted by atomic mass is 10.1. The third-order valence-electron chi connectivity index (χ3n) is 3.06. The Bertz CT molecular complexity index is 523. The van der Waals surface area contributed by atoms with Gasteiger partial charge in [0.1, 0.15) is 5.78 Å². The van der Waals surface area contributed by atoms with Gasteiger partial charge in [-0.25, -0.2) is 0 Å². The molecule has 2 rings (SSSR count). The minimum atomic E-state index is -4.31.